The van der Waals surface area contributed by atoms with Crippen LogP contribution in [0.25, 0.3) is 6.08 Å². The van der Waals surface area contributed by atoms with Gasteiger partial charge >= 0.3 is 0 Å². The maximum absolute atomic E-state index is 12.4. The number of nitrogens with zero attached hydrogens (tertiary/aromatic N) is 2. The number of halogens is 1. The highest BCUT2D eigenvalue weighted by atomic mass is 35.5. The number of carbonyl (C=O) groups is 1. The molecule has 0 fully saturated rings. The molecule has 1 amide bonds. The lowest BCUT2D eigenvalue weighted by atomic mass is 10.1. The van der Waals surface area contributed by atoms with Crippen molar-refractivity contribution < 1.29 is 19.0 Å². The van der Waals surface area contributed by atoms with Crippen LogP contribution in [0, 0.1) is 22.7 Å². The largest absolute Gasteiger partial charge is 0.497 e. The predicted molar refractivity (Wildman–Crippen MR) is 112 cm³/mol. The standard InChI is InChI=1S/C22H20ClN3O4/c1-3-29-20-12-16(11-19(23)21(20)30-9-8-24)10-17(13-25)22(27)26-14-15-4-6-18(28-2)7-5-15/h4-7,10-12H,3,9,14H2,1-2H3,(H,26,27)/b17-10-. The molecule has 0 heterocycles. The van der Waals surface area contributed by atoms with Crippen LogP contribution in [0.15, 0.2) is 42.0 Å². The number of hydrogen-bond acceptors (Lipinski definition) is 6. The third-order valence-electron chi connectivity index (χ3n) is 3.90. The van der Waals surface area contributed by atoms with Gasteiger partial charge < -0.3 is 19.5 Å². The molecule has 1 N–H and O–H groups in total. The van der Waals surface area contributed by atoms with Gasteiger partial charge in [0.2, 0.25) is 0 Å². The van der Waals surface area contributed by atoms with E-state index < -0.39 is 5.91 Å². The van der Waals surface area contributed by atoms with Crippen molar-refractivity contribution in [3.05, 3.63) is 58.1 Å². The summed E-state index contributed by atoms with van der Waals surface area (Å²) in [6, 6.07) is 14.1. The van der Waals surface area contributed by atoms with Crippen molar-refractivity contribution in [1.82, 2.24) is 5.32 Å². The lowest BCUT2D eigenvalue weighted by Crippen LogP contribution is -2.23. The van der Waals surface area contributed by atoms with Gasteiger partial charge in [0.05, 0.1) is 18.7 Å². The van der Waals surface area contributed by atoms with Gasteiger partial charge in [-0.25, -0.2) is 0 Å². The summed E-state index contributed by atoms with van der Waals surface area (Å²) in [7, 11) is 1.58. The van der Waals surface area contributed by atoms with E-state index in [1.54, 1.807) is 32.2 Å². The lowest BCUT2D eigenvalue weighted by Gasteiger charge is -2.13. The first-order chi connectivity index (χ1) is 14.5. The van der Waals surface area contributed by atoms with Crippen molar-refractivity contribution in [3.8, 4) is 29.4 Å². The molecular formula is C22H20ClN3O4. The van der Waals surface area contributed by atoms with E-state index in [0.29, 0.717) is 23.7 Å². The topological polar surface area (TPSA) is 104 Å². The Morgan fingerprint density at radius 3 is 2.53 bits per heavy atom. The minimum atomic E-state index is -0.521. The number of carbonyl (C=O) groups excluding carboxylic acids is 1. The van der Waals surface area contributed by atoms with E-state index in [1.807, 2.05) is 24.3 Å². The van der Waals surface area contributed by atoms with Crippen molar-refractivity contribution in [2.75, 3.05) is 20.3 Å². The fourth-order valence-electron chi connectivity index (χ4n) is 2.51. The van der Waals surface area contributed by atoms with Gasteiger partial charge in [-0.05, 0) is 48.4 Å². The summed E-state index contributed by atoms with van der Waals surface area (Å²) < 4.78 is 15.9. The zero-order chi connectivity index (χ0) is 21.9. The molecule has 2 aromatic carbocycles. The summed E-state index contributed by atoms with van der Waals surface area (Å²) in [6.07, 6.45) is 1.41. The van der Waals surface area contributed by atoms with Gasteiger partial charge in [-0.15, -0.1) is 0 Å². The Bertz CT molecular complexity index is 1000. The van der Waals surface area contributed by atoms with E-state index in [2.05, 4.69) is 5.32 Å². The molecule has 2 rings (SSSR count). The Morgan fingerprint density at radius 2 is 1.93 bits per heavy atom. The molecule has 0 radical (unpaired) electrons. The molecule has 0 saturated heterocycles. The highest BCUT2D eigenvalue weighted by Gasteiger charge is 2.14. The maximum atomic E-state index is 12.4. The number of ether oxygens (including phenoxy) is 3. The maximum Gasteiger partial charge on any atom is 0.262 e. The molecule has 0 aliphatic carbocycles. The number of amides is 1. The SMILES string of the molecule is CCOc1cc(/C=C(/C#N)C(=O)NCc2ccc(OC)cc2)cc(Cl)c1OCC#N. The van der Waals surface area contributed by atoms with E-state index in [1.165, 1.54) is 12.1 Å². The van der Waals surface area contributed by atoms with Gasteiger partial charge in [-0.1, -0.05) is 23.7 Å². The van der Waals surface area contributed by atoms with Crippen LogP contribution in [0.2, 0.25) is 5.02 Å². The van der Waals surface area contributed by atoms with Crippen LogP contribution in [0.5, 0.6) is 17.2 Å². The number of hydrogen-bond donors (Lipinski definition) is 1. The predicted octanol–water partition coefficient (Wildman–Crippen LogP) is 3.87. The minimum Gasteiger partial charge on any atom is -0.497 e. The average Bonchev–Trinajstić information content (AvgIpc) is 2.75. The Labute approximate surface area is 180 Å². The first-order valence-electron chi connectivity index (χ1n) is 9.01. The van der Waals surface area contributed by atoms with Crippen molar-refractivity contribution in [3.63, 3.8) is 0 Å². The second-order valence-corrected chi connectivity index (χ2v) is 6.32. The number of nitrogens with one attached hydrogen (secondary N) is 1. The molecule has 0 unspecified atom stereocenters. The normalized spacial score (nSPS) is 10.5. The number of benzene rings is 2. The van der Waals surface area contributed by atoms with Gasteiger partial charge in [0.15, 0.2) is 18.1 Å². The number of methoxy groups -OCH3 is 1. The first-order valence-corrected chi connectivity index (χ1v) is 9.39. The number of rotatable bonds is 9. The van der Waals surface area contributed by atoms with Crippen LogP contribution in [0.1, 0.15) is 18.1 Å². The quantitative estimate of drug-likeness (QED) is 0.483. The molecule has 0 spiro atoms. The fourth-order valence-corrected chi connectivity index (χ4v) is 2.79. The van der Waals surface area contributed by atoms with Gasteiger partial charge in [-0.3, -0.25) is 4.79 Å². The Balaban J connectivity index is 2.19. The van der Waals surface area contributed by atoms with E-state index in [-0.39, 0.29) is 29.5 Å². The van der Waals surface area contributed by atoms with Crippen molar-refractivity contribution in [2.24, 2.45) is 0 Å². The molecule has 154 valence electrons. The van der Waals surface area contributed by atoms with Gasteiger partial charge in [0, 0.05) is 6.54 Å². The molecule has 7 nitrogen and oxygen atoms in total. The van der Waals surface area contributed by atoms with Crippen LogP contribution in [-0.4, -0.2) is 26.2 Å². The molecule has 30 heavy (non-hydrogen) atoms. The zero-order valence-corrected chi connectivity index (χ0v) is 17.3. The summed E-state index contributed by atoms with van der Waals surface area (Å²) in [4.78, 5) is 12.4. The fraction of sp³-hybridized carbons (Fsp3) is 0.227. The summed E-state index contributed by atoms with van der Waals surface area (Å²) in [5.74, 6) is 0.751. The number of nitriles is 2. The molecular weight excluding hydrogens is 406 g/mol. The summed E-state index contributed by atoms with van der Waals surface area (Å²) in [6.45, 7) is 2.21. The minimum absolute atomic E-state index is 0.0901. The summed E-state index contributed by atoms with van der Waals surface area (Å²) in [5, 5.41) is 21.0. The van der Waals surface area contributed by atoms with Crippen LogP contribution in [0.3, 0.4) is 0 Å². The summed E-state index contributed by atoms with van der Waals surface area (Å²) in [5.41, 5.74) is 1.26. The molecule has 2 aromatic rings. The molecule has 0 aromatic heterocycles. The smallest absolute Gasteiger partial charge is 0.262 e. The molecule has 0 aliphatic heterocycles. The van der Waals surface area contributed by atoms with E-state index >= 15 is 0 Å². The van der Waals surface area contributed by atoms with Crippen LogP contribution >= 0.6 is 11.6 Å². The van der Waals surface area contributed by atoms with E-state index in [9.17, 15) is 10.1 Å². The molecule has 0 aliphatic rings. The van der Waals surface area contributed by atoms with Crippen LogP contribution in [0.4, 0.5) is 0 Å². The Kier molecular flexibility index (Phi) is 8.56. The summed E-state index contributed by atoms with van der Waals surface area (Å²) >= 11 is 6.24. The van der Waals surface area contributed by atoms with E-state index in [4.69, 9.17) is 31.1 Å². The van der Waals surface area contributed by atoms with Crippen molar-refractivity contribution in [1.29, 1.82) is 10.5 Å². The van der Waals surface area contributed by atoms with Gasteiger partial charge in [0.1, 0.15) is 23.5 Å². The highest BCUT2D eigenvalue weighted by Crippen LogP contribution is 2.37. The molecule has 0 saturated carbocycles. The van der Waals surface area contributed by atoms with Crippen molar-refractivity contribution in [2.45, 2.75) is 13.5 Å². The molecule has 0 bridgehead atoms. The monoisotopic (exact) mass is 425 g/mol. The highest BCUT2D eigenvalue weighted by molar-refractivity contribution is 6.32. The Hall–Kier alpha value is -3.68. The van der Waals surface area contributed by atoms with E-state index in [0.717, 1.165) is 5.56 Å². The first kappa shape index (κ1) is 22.6. The third-order valence-corrected chi connectivity index (χ3v) is 4.18. The van der Waals surface area contributed by atoms with Gasteiger partial charge in [-0.2, -0.15) is 10.5 Å². The second-order valence-electron chi connectivity index (χ2n) is 5.91. The van der Waals surface area contributed by atoms with Gasteiger partial charge in [0.25, 0.3) is 5.91 Å². The van der Waals surface area contributed by atoms with Crippen LogP contribution < -0.4 is 19.5 Å². The average molecular weight is 426 g/mol. The van der Waals surface area contributed by atoms with Crippen LogP contribution in [-0.2, 0) is 11.3 Å². The van der Waals surface area contributed by atoms with Crippen molar-refractivity contribution >= 4 is 23.6 Å². The lowest BCUT2D eigenvalue weighted by molar-refractivity contribution is -0.117. The molecule has 8 heteroatoms. The molecule has 0 atom stereocenters. The Morgan fingerprint density at radius 1 is 1.20 bits per heavy atom. The third kappa shape index (κ3) is 6.16. The zero-order valence-electron chi connectivity index (χ0n) is 16.6. The second kappa shape index (κ2) is 11.4.